The van der Waals surface area contributed by atoms with E-state index in [9.17, 15) is 22.8 Å². The molecule has 1 spiro atoms. The number of nitrogens with zero attached hydrogens (tertiary/aromatic N) is 3. The Morgan fingerprint density at radius 2 is 1.61 bits per heavy atom. The van der Waals surface area contributed by atoms with Crippen molar-refractivity contribution in [1.82, 2.24) is 25.3 Å². The van der Waals surface area contributed by atoms with Crippen LogP contribution < -0.4 is 10.6 Å². The largest absolute Gasteiger partial charge is 0.331 e. The third-order valence-electron chi connectivity index (χ3n) is 8.27. The number of nitrogens with one attached hydrogen (secondary N) is 2. The fraction of sp³-hybridized carbons (Fsp3) is 0.483. The molecule has 3 fully saturated rings. The number of sulfone groups is 1. The molecule has 5 rings (SSSR count). The van der Waals surface area contributed by atoms with Crippen molar-refractivity contribution in [1.29, 1.82) is 0 Å². The van der Waals surface area contributed by atoms with Crippen LogP contribution in [-0.4, -0.2) is 85.6 Å². The SMILES string of the molecule is CS(=O)(=O)c1ccc(CN2C(=O)NC3(CCN(CC[C@H](NC(=O)N4CCCC4)c4ccccc4)CC3)C2=O)cc1.Cl. The second-order valence-electron chi connectivity index (χ2n) is 11.1. The first-order chi connectivity index (χ1) is 19.1. The molecule has 3 aliphatic rings. The topological polar surface area (TPSA) is 119 Å². The van der Waals surface area contributed by atoms with Gasteiger partial charge in [0.15, 0.2) is 9.84 Å². The van der Waals surface area contributed by atoms with Crippen molar-refractivity contribution in [3.8, 4) is 0 Å². The summed E-state index contributed by atoms with van der Waals surface area (Å²) >= 11 is 0. The van der Waals surface area contributed by atoms with E-state index in [1.165, 1.54) is 17.0 Å². The van der Waals surface area contributed by atoms with Gasteiger partial charge in [-0.15, -0.1) is 12.4 Å². The number of benzene rings is 2. The van der Waals surface area contributed by atoms with Gasteiger partial charge in [-0.05, 0) is 55.4 Å². The fourth-order valence-corrected chi connectivity index (χ4v) is 6.45. The molecule has 0 unspecified atom stereocenters. The van der Waals surface area contributed by atoms with Crippen LogP contribution in [0.3, 0.4) is 0 Å². The Bertz CT molecular complexity index is 1340. The first-order valence-corrected chi connectivity index (χ1v) is 15.8. The highest BCUT2D eigenvalue weighted by molar-refractivity contribution is 7.90. The quantitative estimate of drug-likeness (QED) is 0.447. The van der Waals surface area contributed by atoms with Crippen LogP contribution in [0.2, 0.25) is 0 Å². The molecule has 3 aliphatic heterocycles. The van der Waals surface area contributed by atoms with Crippen molar-refractivity contribution >= 4 is 40.2 Å². The third-order valence-corrected chi connectivity index (χ3v) is 9.40. The average Bonchev–Trinajstić information content (AvgIpc) is 3.56. The molecule has 222 valence electrons. The monoisotopic (exact) mass is 603 g/mol. The molecule has 12 heteroatoms. The molecule has 0 aliphatic carbocycles. The first kappa shape index (κ1) is 30.8. The minimum Gasteiger partial charge on any atom is -0.331 e. The Kier molecular flexibility index (Phi) is 9.61. The van der Waals surface area contributed by atoms with Gasteiger partial charge in [0.2, 0.25) is 0 Å². The molecule has 2 aromatic rings. The summed E-state index contributed by atoms with van der Waals surface area (Å²) in [6.07, 6.45) is 4.99. The summed E-state index contributed by atoms with van der Waals surface area (Å²) in [5.74, 6) is -0.232. The van der Waals surface area contributed by atoms with Gasteiger partial charge < -0.3 is 20.4 Å². The normalized spacial score (nSPS) is 19.6. The summed E-state index contributed by atoms with van der Waals surface area (Å²) in [5, 5.41) is 6.17. The second-order valence-corrected chi connectivity index (χ2v) is 13.1. The zero-order chi connectivity index (χ0) is 28.3. The maximum absolute atomic E-state index is 13.4. The summed E-state index contributed by atoms with van der Waals surface area (Å²) in [5.41, 5.74) is 0.846. The van der Waals surface area contributed by atoms with E-state index < -0.39 is 21.4 Å². The lowest BCUT2D eigenvalue weighted by atomic mass is 9.87. The van der Waals surface area contributed by atoms with E-state index in [2.05, 4.69) is 15.5 Å². The Hall–Kier alpha value is -3.15. The van der Waals surface area contributed by atoms with Gasteiger partial charge in [-0.3, -0.25) is 9.69 Å². The highest BCUT2D eigenvalue weighted by Gasteiger charge is 2.52. The smallest absolute Gasteiger partial charge is 0.325 e. The minimum atomic E-state index is -3.32. The van der Waals surface area contributed by atoms with E-state index in [0.717, 1.165) is 50.7 Å². The van der Waals surface area contributed by atoms with Crippen molar-refractivity contribution in [3.63, 3.8) is 0 Å². The molecule has 2 N–H and O–H groups in total. The number of carbonyl (C=O) groups excluding carboxylic acids is 3. The van der Waals surface area contributed by atoms with Crippen molar-refractivity contribution in [2.75, 3.05) is 39.0 Å². The van der Waals surface area contributed by atoms with Crippen LogP contribution >= 0.6 is 12.4 Å². The van der Waals surface area contributed by atoms with E-state index in [0.29, 0.717) is 31.5 Å². The molecule has 0 saturated carbocycles. The summed E-state index contributed by atoms with van der Waals surface area (Å²) < 4.78 is 23.5. The summed E-state index contributed by atoms with van der Waals surface area (Å²) in [6, 6.07) is 15.7. The van der Waals surface area contributed by atoms with E-state index in [1.54, 1.807) is 12.1 Å². The number of hydrogen-bond donors (Lipinski definition) is 2. The molecule has 0 bridgehead atoms. The number of piperidine rings is 1. The number of hydrogen-bond acceptors (Lipinski definition) is 6. The van der Waals surface area contributed by atoms with Gasteiger partial charge in [0.1, 0.15) is 5.54 Å². The second kappa shape index (κ2) is 12.8. The summed E-state index contributed by atoms with van der Waals surface area (Å²) in [6.45, 7) is 3.76. The summed E-state index contributed by atoms with van der Waals surface area (Å²) in [7, 11) is -3.32. The number of imide groups is 1. The molecular formula is C29H38ClN5O5S. The number of amides is 5. The van der Waals surface area contributed by atoms with Gasteiger partial charge in [0.25, 0.3) is 5.91 Å². The summed E-state index contributed by atoms with van der Waals surface area (Å²) in [4.78, 5) is 44.6. The highest BCUT2D eigenvalue weighted by atomic mass is 35.5. The lowest BCUT2D eigenvalue weighted by Crippen LogP contribution is -2.55. The molecular weight excluding hydrogens is 566 g/mol. The third kappa shape index (κ3) is 7.02. The lowest BCUT2D eigenvalue weighted by molar-refractivity contribution is -0.133. The molecule has 10 nitrogen and oxygen atoms in total. The Balaban J connectivity index is 0.00000387. The number of rotatable bonds is 8. The Morgan fingerprint density at radius 1 is 0.976 bits per heavy atom. The lowest BCUT2D eigenvalue weighted by Gasteiger charge is -2.38. The number of halogens is 1. The molecule has 3 saturated heterocycles. The molecule has 41 heavy (non-hydrogen) atoms. The fourth-order valence-electron chi connectivity index (χ4n) is 5.82. The minimum absolute atomic E-state index is 0. The number of urea groups is 2. The van der Waals surface area contributed by atoms with Crippen molar-refractivity contribution in [3.05, 3.63) is 65.7 Å². The number of likely N-dealkylation sites (tertiary alicyclic amines) is 2. The number of carbonyl (C=O) groups is 3. The zero-order valence-electron chi connectivity index (χ0n) is 23.3. The Labute approximate surface area is 247 Å². The molecule has 0 radical (unpaired) electrons. The standard InChI is InChI=1S/C29H37N5O5S.ClH/c1-40(38,39)24-11-9-22(10-12-24)21-34-26(35)29(31-28(34)37)14-19-32(20-15-29)18-13-25(23-7-3-2-4-8-23)30-27(36)33-16-5-6-17-33;/h2-4,7-12,25H,5-6,13-21H2,1H3,(H,30,36)(H,31,37);1H/t25-;/m0./s1. The van der Waals surface area contributed by atoms with Gasteiger partial charge >= 0.3 is 12.1 Å². The highest BCUT2D eigenvalue weighted by Crippen LogP contribution is 2.31. The first-order valence-electron chi connectivity index (χ1n) is 13.9. The van der Waals surface area contributed by atoms with Crippen LogP contribution in [0.5, 0.6) is 0 Å². The molecule has 3 heterocycles. The van der Waals surface area contributed by atoms with E-state index >= 15 is 0 Å². The van der Waals surface area contributed by atoms with Gasteiger partial charge in [0.05, 0.1) is 17.5 Å². The molecule has 1 atom stereocenters. The predicted molar refractivity (Wildman–Crippen MR) is 157 cm³/mol. The van der Waals surface area contributed by atoms with Crippen molar-refractivity contribution in [2.24, 2.45) is 0 Å². The van der Waals surface area contributed by atoms with Crippen molar-refractivity contribution < 1.29 is 22.8 Å². The van der Waals surface area contributed by atoms with Crippen LogP contribution in [0.25, 0.3) is 0 Å². The average molecular weight is 604 g/mol. The van der Waals surface area contributed by atoms with Crippen LogP contribution in [0.4, 0.5) is 9.59 Å². The maximum atomic E-state index is 13.4. The predicted octanol–water partition coefficient (Wildman–Crippen LogP) is 3.34. The van der Waals surface area contributed by atoms with Crippen molar-refractivity contribution in [2.45, 2.75) is 55.1 Å². The maximum Gasteiger partial charge on any atom is 0.325 e. The van der Waals surface area contributed by atoms with E-state index in [4.69, 9.17) is 0 Å². The van der Waals surface area contributed by atoms with Crippen LogP contribution in [0.1, 0.15) is 49.3 Å². The van der Waals surface area contributed by atoms with E-state index in [-0.39, 0.29) is 41.8 Å². The Morgan fingerprint density at radius 3 is 2.22 bits per heavy atom. The van der Waals surface area contributed by atoms with Crippen LogP contribution in [0, 0.1) is 0 Å². The van der Waals surface area contributed by atoms with Gasteiger partial charge in [-0.2, -0.15) is 0 Å². The molecule has 0 aromatic heterocycles. The van der Waals surface area contributed by atoms with Crippen LogP contribution in [-0.2, 0) is 21.2 Å². The van der Waals surface area contributed by atoms with Crippen LogP contribution in [0.15, 0.2) is 59.5 Å². The molecule has 2 aromatic carbocycles. The zero-order valence-corrected chi connectivity index (χ0v) is 24.9. The van der Waals surface area contributed by atoms with Gasteiger partial charge in [-0.1, -0.05) is 42.5 Å². The van der Waals surface area contributed by atoms with E-state index in [1.807, 2.05) is 35.2 Å². The molecule has 5 amide bonds. The van der Waals surface area contributed by atoms with Gasteiger partial charge in [0, 0.05) is 39.0 Å². The van der Waals surface area contributed by atoms with Gasteiger partial charge in [-0.25, -0.2) is 18.0 Å².